The Morgan fingerprint density at radius 2 is 0.667 bits per heavy atom. The van der Waals surface area contributed by atoms with Crippen LogP contribution in [0.3, 0.4) is 0 Å². The third kappa shape index (κ3) is 5.97. The molecule has 0 amide bonds. The second-order valence-electron chi connectivity index (χ2n) is 3.38. The van der Waals surface area contributed by atoms with Crippen molar-refractivity contribution in [3.63, 3.8) is 0 Å². The summed E-state index contributed by atoms with van der Waals surface area (Å²) in [7, 11) is 0. The van der Waals surface area contributed by atoms with E-state index in [0.29, 0.717) is 0 Å². The monoisotopic (exact) mass is 382 g/mol. The summed E-state index contributed by atoms with van der Waals surface area (Å²) in [5.41, 5.74) is 12.6. The van der Waals surface area contributed by atoms with Crippen molar-refractivity contribution in [1.82, 2.24) is 0 Å². The van der Waals surface area contributed by atoms with Gasteiger partial charge in [-0.2, -0.15) is 0 Å². The summed E-state index contributed by atoms with van der Waals surface area (Å²) in [4.78, 5) is 0. The summed E-state index contributed by atoms with van der Waals surface area (Å²) in [5, 5.41) is 33.2. The Morgan fingerprint density at radius 3 is 0.810 bits per heavy atom. The molecule has 0 aliphatic heterocycles. The van der Waals surface area contributed by atoms with E-state index in [4.69, 9.17) is 20.8 Å². The van der Waals surface area contributed by atoms with Crippen LogP contribution < -0.4 is 0 Å². The van der Waals surface area contributed by atoms with Gasteiger partial charge in [0.25, 0.3) is 0 Å². The molecular formula is C12H12N4O4Pd-4. The molecule has 0 spiro atoms. The topological polar surface area (TPSA) is 137 Å². The van der Waals surface area contributed by atoms with Crippen molar-refractivity contribution in [2.24, 2.45) is 0 Å². The van der Waals surface area contributed by atoms with Crippen molar-refractivity contribution in [1.29, 1.82) is 0 Å². The van der Waals surface area contributed by atoms with Crippen LogP contribution in [-0.2, 0) is 20.4 Å². The van der Waals surface area contributed by atoms with E-state index in [-0.39, 0.29) is 43.2 Å². The van der Waals surface area contributed by atoms with E-state index in [9.17, 15) is 0 Å². The summed E-state index contributed by atoms with van der Waals surface area (Å²) < 4.78 is 0. The van der Waals surface area contributed by atoms with E-state index in [1.165, 1.54) is 24.3 Å². The standard InChI is InChI=1S/2C6H6N2O2.Pd/c2*9-7-5-3-1-2-4-6(5)8-10;/h2*1-4,9-10H;/q2*-2;. The van der Waals surface area contributed by atoms with Crippen molar-refractivity contribution in [3.05, 3.63) is 70.5 Å². The molecule has 0 aromatic heterocycles. The van der Waals surface area contributed by atoms with Crippen molar-refractivity contribution in [3.8, 4) is 0 Å². The molecule has 0 aliphatic carbocycles. The average molecular weight is 383 g/mol. The molecule has 0 unspecified atom stereocenters. The zero-order chi connectivity index (χ0) is 14.8. The molecule has 2 rings (SSSR count). The summed E-state index contributed by atoms with van der Waals surface area (Å²) in [6.07, 6.45) is 0. The van der Waals surface area contributed by atoms with Gasteiger partial charge in [-0.25, -0.2) is 0 Å². The molecule has 0 radical (unpaired) electrons. The first-order valence-corrected chi connectivity index (χ1v) is 5.35. The Balaban J connectivity index is 0.000000364. The van der Waals surface area contributed by atoms with E-state index >= 15 is 0 Å². The number of rotatable bonds is 4. The van der Waals surface area contributed by atoms with Gasteiger partial charge in [0.15, 0.2) is 0 Å². The van der Waals surface area contributed by atoms with Crippen molar-refractivity contribution >= 4 is 22.7 Å². The molecule has 0 bridgehead atoms. The normalized spacial score (nSPS) is 8.57. The molecule has 9 heteroatoms. The molecule has 0 fully saturated rings. The Bertz CT molecular complexity index is 437. The van der Waals surface area contributed by atoms with E-state index in [0.717, 1.165) is 0 Å². The molecule has 2 aromatic rings. The van der Waals surface area contributed by atoms with Crippen LogP contribution in [0, 0.1) is 0 Å². The van der Waals surface area contributed by atoms with Gasteiger partial charge in [0.1, 0.15) is 0 Å². The largest absolute Gasteiger partial charge is 0.566 e. The summed E-state index contributed by atoms with van der Waals surface area (Å²) >= 11 is 0. The Labute approximate surface area is 134 Å². The zero-order valence-electron chi connectivity index (χ0n) is 10.5. The average Bonchev–Trinajstić information content (AvgIpc) is 2.55. The molecule has 0 saturated heterocycles. The smallest absolute Gasteiger partial charge is 0 e. The second-order valence-corrected chi connectivity index (χ2v) is 3.38. The number of benzene rings is 2. The fourth-order valence-electron chi connectivity index (χ4n) is 1.27. The molecular weight excluding hydrogens is 371 g/mol. The molecule has 0 heterocycles. The summed E-state index contributed by atoms with van der Waals surface area (Å²) in [6, 6.07) is 12.9. The van der Waals surface area contributed by atoms with Gasteiger partial charge in [0, 0.05) is 20.4 Å². The quantitative estimate of drug-likeness (QED) is 0.439. The molecule has 4 N–H and O–H groups in total. The van der Waals surface area contributed by atoms with Crippen LogP contribution in [0.4, 0.5) is 22.7 Å². The maximum atomic E-state index is 8.30. The molecule has 21 heavy (non-hydrogen) atoms. The van der Waals surface area contributed by atoms with Crippen molar-refractivity contribution in [2.75, 3.05) is 0 Å². The van der Waals surface area contributed by atoms with Gasteiger partial charge in [0.05, 0.1) is 0 Å². The van der Waals surface area contributed by atoms with E-state index < -0.39 is 0 Å². The molecule has 8 nitrogen and oxygen atoms in total. The zero-order valence-corrected chi connectivity index (χ0v) is 12.1. The van der Waals surface area contributed by atoms with Crippen LogP contribution in [-0.4, -0.2) is 20.8 Å². The number of hydrogen-bond donors (Lipinski definition) is 4. The first kappa shape index (κ1) is 19.1. The first-order valence-electron chi connectivity index (χ1n) is 5.35. The molecule has 118 valence electrons. The molecule has 0 aliphatic rings. The van der Waals surface area contributed by atoms with Crippen LogP contribution >= 0.6 is 0 Å². The third-order valence-corrected chi connectivity index (χ3v) is 2.19. The van der Waals surface area contributed by atoms with Gasteiger partial charge in [-0.3, -0.25) is 0 Å². The maximum Gasteiger partial charge on any atom is 0 e. The summed E-state index contributed by atoms with van der Waals surface area (Å²) in [5.74, 6) is 0. The van der Waals surface area contributed by atoms with Crippen LogP contribution in [0.2, 0.25) is 0 Å². The minimum absolute atomic E-state index is 0. The number of hydrogen-bond acceptors (Lipinski definition) is 4. The van der Waals surface area contributed by atoms with Gasteiger partial charge in [0.2, 0.25) is 0 Å². The van der Waals surface area contributed by atoms with Gasteiger partial charge in [-0.15, -0.1) is 22.7 Å². The fourth-order valence-corrected chi connectivity index (χ4v) is 1.27. The van der Waals surface area contributed by atoms with Crippen molar-refractivity contribution < 1.29 is 41.3 Å². The second kappa shape index (κ2) is 10.9. The van der Waals surface area contributed by atoms with E-state index in [1.807, 2.05) is 0 Å². The summed E-state index contributed by atoms with van der Waals surface area (Å²) in [6.45, 7) is 0. The maximum absolute atomic E-state index is 8.30. The Hall–Kier alpha value is -1.86. The van der Waals surface area contributed by atoms with Crippen LogP contribution in [0.25, 0.3) is 21.9 Å². The Kier molecular flexibility index (Phi) is 9.91. The van der Waals surface area contributed by atoms with Crippen LogP contribution in [0.15, 0.2) is 48.5 Å². The third-order valence-electron chi connectivity index (χ3n) is 2.19. The number of nitrogens with zero attached hydrogens (tertiary/aromatic N) is 4. The molecule has 0 saturated carbocycles. The minimum Gasteiger partial charge on any atom is -0.566 e. The van der Waals surface area contributed by atoms with E-state index in [1.54, 1.807) is 24.3 Å². The SMILES string of the molecule is O[N-]c1ccccc1[N-]O.O[N-]c1ccccc1[N-]O.[Pd]. The van der Waals surface area contributed by atoms with Crippen molar-refractivity contribution in [2.45, 2.75) is 0 Å². The fraction of sp³-hybridized carbons (Fsp3) is 0. The minimum atomic E-state index is 0. The van der Waals surface area contributed by atoms with Crippen LogP contribution in [0.5, 0.6) is 0 Å². The predicted molar refractivity (Wildman–Crippen MR) is 72.1 cm³/mol. The number of para-hydroxylation sites is 4. The van der Waals surface area contributed by atoms with E-state index in [2.05, 4.69) is 21.9 Å². The first-order chi connectivity index (χ1) is 9.76. The van der Waals surface area contributed by atoms with Gasteiger partial charge < -0.3 is 42.7 Å². The molecule has 0 atom stereocenters. The van der Waals surface area contributed by atoms with Crippen LogP contribution in [0.1, 0.15) is 0 Å². The predicted octanol–water partition coefficient (Wildman–Crippen LogP) is 4.95. The van der Waals surface area contributed by atoms with Gasteiger partial charge in [-0.05, 0) is 0 Å². The molecule has 2 aromatic carbocycles. The Morgan fingerprint density at radius 1 is 0.476 bits per heavy atom. The van der Waals surface area contributed by atoms with Gasteiger partial charge in [-0.1, -0.05) is 48.5 Å². The van der Waals surface area contributed by atoms with Gasteiger partial charge >= 0.3 is 0 Å².